The van der Waals surface area contributed by atoms with Crippen LogP contribution in [-0.2, 0) is 5.33 Å². The number of nitrogens with one attached hydrogen (secondary N) is 1. The highest BCUT2D eigenvalue weighted by atomic mass is 79.9. The van der Waals surface area contributed by atoms with Crippen LogP contribution in [0.2, 0.25) is 0 Å². The Kier molecular flexibility index (Phi) is 2.11. The Morgan fingerprint density at radius 3 is 2.80 bits per heavy atom. The van der Waals surface area contributed by atoms with Gasteiger partial charge in [0.15, 0.2) is 0 Å². The van der Waals surface area contributed by atoms with Crippen molar-refractivity contribution >= 4 is 21.9 Å². The van der Waals surface area contributed by atoms with Gasteiger partial charge in [-0.1, -0.05) is 15.9 Å². The molecule has 2 N–H and O–H groups in total. The highest BCUT2D eigenvalue weighted by molar-refractivity contribution is 9.08. The van der Waals surface area contributed by atoms with E-state index in [1.54, 1.807) is 6.20 Å². The van der Waals surface area contributed by atoms with Crippen molar-refractivity contribution in [2.24, 2.45) is 0 Å². The first-order valence-electron chi connectivity index (χ1n) is 2.70. The first kappa shape index (κ1) is 7.34. The lowest BCUT2D eigenvalue weighted by atomic mass is 10.2. The number of halogens is 1. The fraction of sp³-hybridized carbons (Fsp3) is 0.167. The largest absolute Gasteiger partial charge is 0.478 e. The van der Waals surface area contributed by atoms with Crippen molar-refractivity contribution in [2.75, 3.05) is 0 Å². The van der Waals surface area contributed by atoms with E-state index in [2.05, 4.69) is 20.9 Å². The van der Waals surface area contributed by atoms with Gasteiger partial charge in [-0.2, -0.15) is 0 Å². The van der Waals surface area contributed by atoms with Crippen molar-refractivity contribution in [1.29, 1.82) is 0 Å². The second-order valence-corrected chi connectivity index (χ2v) is 2.39. The summed E-state index contributed by atoms with van der Waals surface area (Å²) in [6.07, 6.45) is 3.14. The molecule has 0 atom stereocenters. The Bertz CT molecular complexity index is 244. The predicted octanol–water partition coefficient (Wildman–Crippen LogP) is 1.61. The monoisotopic (exact) mass is 203 g/mol. The van der Waals surface area contributed by atoms with Crippen LogP contribution < -0.4 is 0 Å². The van der Waals surface area contributed by atoms with Crippen LogP contribution in [-0.4, -0.2) is 16.1 Å². The molecule has 54 valence electrons. The summed E-state index contributed by atoms with van der Waals surface area (Å²) in [5, 5.41) is 9.11. The number of aromatic amines is 1. The molecule has 1 aromatic heterocycles. The molecule has 0 aliphatic heterocycles. The zero-order chi connectivity index (χ0) is 7.56. The van der Waals surface area contributed by atoms with E-state index in [-0.39, 0.29) is 0 Å². The van der Waals surface area contributed by atoms with E-state index in [1.807, 2.05) is 0 Å². The third-order valence-electron chi connectivity index (χ3n) is 1.21. The summed E-state index contributed by atoms with van der Waals surface area (Å²) in [5.74, 6) is -0.893. The molecule has 4 heteroatoms. The minimum absolute atomic E-state index is 0.330. The molecule has 0 radical (unpaired) electrons. The summed E-state index contributed by atoms with van der Waals surface area (Å²) >= 11 is 3.17. The SMILES string of the molecule is O=C(O)c1c[nH]cc1CBr. The van der Waals surface area contributed by atoms with Gasteiger partial charge in [0.1, 0.15) is 0 Å². The molecule has 1 aromatic rings. The molecule has 0 saturated carbocycles. The number of carboxylic acids is 1. The van der Waals surface area contributed by atoms with Gasteiger partial charge in [0.2, 0.25) is 0 Å². The number of rotatable bonds is 2. The van der Waals surface area contributed by atoms with E-state index >= 15 is 0 Å². The molecule has 0 aliphatic carbocycles. The molecule has 0 bridgehead atoms. The Balaban J connectivity index is 3.01. The summed E-state index contributed by atoms with van der Waals surface area (Å²) < 4.78 is 0. The summed E-state index contributed by atoms with van der Waals surface area (Å²) in [7, 11) is 0. The number of carboxylic acid groups (broad SMARTS) is 1. The van der Waals surface area contributed by atoms with E-state index in [9.17, 15) is 4.79 Å². The van der Waals surface area contributed by atoms with Gasteiger partial charge in [0.05, 0.1) is 5.56 Å². The van der Waals surface area contributed by atoms with Gasteiger partial charge in [0.25, 0.3) is 0 Å². The minimum atomic E-state index is -0.893. The summed E-state index contributed by atoms with van der Waals surface area (Å²) in [6, 6.07) is 0. The van der Waals surface area contributed by atoms with Gasteiger partial charge >= 0.3 is 5.97 Å². The number of hydrogen-bond acceptors (Lipinski definition) is 1. The van der Waals surface area contributed by atoms with Crippen LogP contribution in [0.1, 0.15) is 15.9 Å². The first-order valence-corrected chi connectivity index (χ1v) is 3.82. The molecule has 0 unspecified atom stereocenters. The molecule has 1 heterocycles. The molecule has 0 amide bonds. The van der Waals surface area contributed by atoms with E-state index < -0.39 is 5.97 Å². The lowest BCUT2D eigenvalue weighted by Crippen LogP contribution is -1.96. The summed E-state index contributed by atoms with van der Waals surface area (Å²) in [5.41, 5.74) is 1.10. The molecule has 0 fully saturated rings. The fourth-order valence-electron chi connectivity index (χ4n) is 0.706. The molecule has 10 heavy (non-hydrogen) atoms. The van der Waals surface area contributed by atoms with Gasteiger partial charge in [0, 0.05) is 17.7 Å². The van der Waals surface area contributed by atoms with Crippen molar-refractivity contribution in [3.63, 3.8) is 0 Å². The Morgan fingerprint density at radius 1 is 1.70 bits per heavy atom. The zero-order valence-electron chi connectivity index (χ0n) is 5.10. The summed E-state index contributed by atoms with van der Waals surface area (Å²) in [6.45, 7) is 0. The maximum atomic E-state index is 10.4. The zero-order valence-corrected chi connectivity index (χ0v) is 6.68. The van der Waals surface area contributed by atoms with Crippen molar-refractivity contribution in [3.8, 4) is 0 Å². The van der Waals surface area contributed by atoms with Crippen LogP contribution >= 0.6 is 15.9 Å². The van der Waals surface area contributed by atoms with Crippen molar-refractivity contribution in [2.45, 2.75) is 5.33 Å². The normalized spacial score (nSPS) is 9.70. The van der Waals surface area contributed by atoms with Crippen molar-refractivity contribution in [3.05, 3.63) is 23.5 Å². The number of H-pyrrole nitrogens is 1. The molecule has 3 nitrogen and oxygen atoms in total. The van der Waals surface area contributed by atoms with Crippen LogP contribution in [0.15, 0.2) is 12.4 Å². The fourth-order valence-corrected chi connectivity index (χ4v) is 1.17. The smallest absolute Gasteiger partial charge is 0.337 e. The lowest BCUT2D eigenvalue weighted by molar-refractivity contribution is 0.0696. The number of aromatic carboxylic acids is 1. The minimum Gasteiger partial charge on any atom is -0.478 e. The van der Waals surface area contributed by atoms with Crippen LogP contribution in [0.4, 0.5) is 0 Å². The van der Waals surface area contributed by atoms with E-state index in [0.717, 1.165) is 5.56 Å². The Morgan fingerprint density at radius 2 is 2.40 bits per heavy atom. The Labute approximate surface area is 66.2 Å². The molecule has 0 saturated heterocycles. The molecule has 0 spiro atoms. The summed E-state index contributed by atoms with van der Waals surface area (Å²) in [4.78, 5) is 13.1. The van der Waals surface area contributed by atoms with Gasteiger partial charge in [-0.15, -0.1) is 0 Å². The second-order valence-electron chi connectivity index (χ2n) is 1.83. The van der Waals surface area contributed by atoms with Crippen molar-refractivity contribution in [1.82, 2.24) is 4.98 Å². The van der Waals surface area contributed by atoms with Crippen molar-refractivity contribution < 1.29 is 9.90 Å². The van der Waals surface area contributed by atoms with E-state index in [1.165, 1.54) is 6.20 Å². The maximum absolute atomic E-state index is 10.4. The lowest BCUT2D eigenvalue weighted by Gasteiger charge is -1.90. The van der Waals surface area contributed by atoms with Crippen LogP contribution in [0, 0.1) is 0 Å². The first-order chi connectivity index (χ1) is 4.75. The van der Waals surface area contributed by atoms with E-state index in [0.29, 0.717) is 10.9 Å². The van der Waals surface area contributed by atoms with Gasteiger partial charge in [-0.25, -0.2) is 4.79 Å². The number of aromatic nitrogens is 1. The van der Waals surface area contributed by atoms with Gasteiger partial charge in [-0.05, 0) is 5.56 Å². The highest BCUT2D eigenvalue weighted by Gasteiger charge is 2.08. The average Bonchev–Trinajstić information content (AvgIpc) is 2.33. The molecular formula is C6H6BrNO2. The third kappa shape index (κ3) is 1.21. The number of hydrogen-bond donors (Lipinski definition) is 2. The quantitative estimate of drug-likeness (QED) is 0.719. The molecule has 1 rings (SSSR count). The molecular weight excluding hydrogens is 198 g/mol. The number of carbonyl (C=O) groups is 1. The Hall–Kier alpha value is -0.770. The van der Waals surface area contributed by atoms with Crippen LogP contribution in [0.25, 0.3) is 0 Å². The third-order valence-corrected chi connectivity index (χ3v) is 1.81. The molecule has 0 aliphatic rings. The second kappa shape index (κ2) is 2.88. The topological polar surface area (TPSA) is 53.1 Å². The molecule has 0 aromatic carbocycles. The van der Waals surface area contributed by atoms with E-state index in [4.69, 9.17) is 5.11 Å². The van der Waals surface area contributed by atoms with Gasteiger partial charge in [-0.3, -0.25) is 0 Å². The average molecular weight is 204 g/mol. The van der Waals surface area contributed by atoms with Gasteiger partial charge < -0.3 is 10.1 Å². The standard InChI is InChI=1S/C6H6BrNO2/c7-1-4-2-8-3-5(4)6(9)10/h2-3,8H,1H2,(H,9,10). The predicted molar refractivity (Wildman–Crippen MR) is 40.4 cm³/mol. The van der Waals surface area contributed by atoms with Crippen LogP contribution in [0.3, 0.4) is 0 Å². The highest BCUT2D eigenvalue weighted by Crippen LogP contribution is 2.10. The number of alkyl halides is 1. The van der Waals surface area contributed by atoms with Crippen LogP contribution in [0.5, 0.6) is 0 Å². The maximum Gasteiger partial charge on any atom is 0.337 e.